The van der Waals surface area contributed by atoms with E-state index in [0.717, 1.165) is 0 Å². The van der Waals surface area contributed by atoms with Crippen LogP contribution in [0, 0.1) is 5.82 Å². The van der Waals surface area contributed by atoms with Crippen molar-refractivity contribution in [3.8, 4) is 5.75 Å². The van der Waals surface area contributed by atoms with Crippen molar-refractivity contribution in [2.75, 3.05) is 0 Å². The van der Waals surface area contributed by atoms with E-state index >= 15 is 0 Å². The highest BCUT2D eigenvalue weighted by Gasteiger charge is 2.19. The zero-order valence-corrected chi connectivity index (χ0v) is 12.8. The molecule has 0 N–H and O–H groups in total. The minimum atomic E-state index is -0.558. The van der Waals surface area contributed by atoms with Gasteiger partial charge in [-0.1, -0.05) is 18.2 Å². The molecule has 0 aliphatic rings. The summed E-state index contributed by atoms with van der Waals surface area (Å²) in [7, 11) is 0. The molecule has 2 aromatic carbocycles. The molecule has 2 aromatic rings. The van der Waals surface area contributed by atoms with E-state index in [1.807, 2.05) is 13.8 Å². The molecule has 0 spiro atoms. The molecule has 0 unspecified atom stereocenters. The number of para-hydroxylation sites is 1. The third kappa shape index (κ3) is 3.07. The van der Waals surface area contributed by atoms with Crippen LogP contribution in [0.15, 0.2) is 46.9 Å². The first-order valence-electron chi connectivity index (χ1n) is 6.25. The molecule has 0 saturated carbocycles. The molecule has 0 aromatic heterocycles. The molecule has 0 amide bonds. The lowest BCUT2D eigenvalue weighted by molar-refractivity contribution is 0.102. The summed E-state index contributed by atoms with van der Waals surface area (Å²) in [5.74, 6) is -0.483. The number of carbonyl (C=O) groups excluding carboxylic acids is 1. The Morgan fingerprint density at radius 2 is 1.75 bits per heavy atom. The molecule has 0 atom stereocenters. The molecule has 0 radical (unpaired) electrons. The van der Waals surface area contributed by atoms with Gasteiger partial charge in [-0.2, -0.15) is 0 Å². The third-order valence-corrected chi connectivity index (χ3v) is 3.30. The number of hydrogen-bond acceptors (Lipinski definition) is 2. The Morgan fingerprint density at radius 1 is 1.10 bits per heavy atom. The molecular weight excluding hydrogens is 323 g/mol. The Labute approximate surface area is 125 Å². The average molecular weight is 337 g/mol. The second-order valence-corrected chi connectivity index (χ2v) is 5.45. The quantitative estimate of drug-likeness (QED) is 0.762. The van der Waals surface area contributed by atoms with Crippen LogP contribution in [0.3, 0.4) is 0 Å². The maximum Gasteiger partial charge on any atom is 0.199 e. The van der Waals surface area contributed by atoms with Crippen molar-refractivity contribution < 1.29 is 13.9 Å². The minimum Gasteiger partial charge on any atom is -0.490 e. The Morgan fingerprint density at radius 3 is 2.45 bits per heavy atom. The van der Waals surface area contributed by atoms with Gasteiger partial charge in [0.05, 0.1) is 21.7 Å². The van der Waals surface area contributed by atoms with E-state index in [0.29, 0.717) is 11.3 Å². The van der Waals surface area contributed by atoms with Crippen LogP contribution in [-0.4, -0.2) is 11.9 Å². The molecule has 104 valence electrons. The maximum atomic E-state index is 14.0. The molecule has 0 fully saturated rings. The monoisotopic (exact) mass is 336 g/mol. The molecular formula is C16H14BrFO2. The summed E-state index contributed by atoms with van der Waals surface area (Å²) >= 11 is 3.09. The van der Waals surface area contributed by atoms with Crippen LogP contribution in [0.2, 0.25) is 0 Å². The molecule has 0 aliphatic heterocycles. The van der Waals surface area contributed by atoms with Crippen LogP contribution in [0.5, 0.6) is 5.75 Å². The number of benzene rings is 2. The van der Waals surface area contributed by atoms with Gasteiger partial charge in [-0.3, -0.25) is 4.79 Å². The van der Waals surface area contributed by atoms with Gasteiger partial charge in [0, 0.05) is 0 Å². The Balaban J connectivity index is 2.46. The Bertz CT molecular complexity index is 638. The van der Waals surface area contributed by atoms with Crippen LogP contribution < -0.4 is 4.74 Å². The van der Waals surface area contributed by atoms with Gasteiger partial charge in [0.1, 0.15) is 11.6 Å². The van der Waals surface area contributed by atoms with Crippen LogP contribution >= 0.6 is 15.9 Å². The van der Waals surface area contributed by atoms with Crippen molar-refractivity contribution in [2.45, 2.75) is 20.0 Å². The zero-order chi connectivity index (χ0) is 14.7. The van der Waals surface area contributed by atoms with E-state index in [9.17, 15) is 9.18 Å². The van der Waals surface area contributed by atoms with Gasteiger partial charge >= 0.3 is 0 Å². The van der Waals surface area contributed by atoms with Gasteiger partial charge in [-0.05, 0) is 54.0 Å². The number of hydrogen-bond donors (Lipinski definition) is 0. The first-order chi connectivity index (χ1) is 9.50. The van der Waals surface area contributed by atoms with Crippen molar-refractivity contribution in [1.82, 2.24) is 0 Å². The molecule has 0 aliphatic carbocycles. The Kier molecular flexibility index (Phi) is 4.55. The van der Waals surface area contributed by atoms with E-state index in [4.69, 9.17) is 4.74 Å². The highest BCUT2D eigenvalue weighted by atomic mass is 79.9. The van der Waals surface area contributed by atoms with Gasteiger partial charge in [0.2, 0.25) is 0 Å². The van der Waals surface area contributed by atoms with Crippen LogP contribution in [0.4, 0.5) is 4.39 Å². The van der Waals surface area contributed by atoms with E-state index in [-0.39, 0.29) is 21.9 Å². The highest BCUT2D eigenvalue weighted by Crippen LogP contribution is 2.26. The molecule has 0 saturated heterocycles. The fourth-order valence-electron chi connectivity index (χ4n) is 1.84. The van der Waals surface area contributed by atoms with Gasteiger partial charge in [-0.15, -0.1) is 0 Å². The third-order valence-electron chi connectivity index (χ3n) is 2.69. The largest absolute Gasteiger partial charge is 0.490 e. The summed E-state index contributed by atoms with van der Waals surface area (Å²) in [4.78, 5) is 12.5. The van der Waals surface area contributed by atoms with Crippen molar-refractivity contribution in [1.29, 1.82) is 0 Å². The summed E-state index contributed by atoms with van der Waals surface area (Å²) in [6.07, 6.45) is -0.0590. The van der Waals surface area contributed by atoms with Gasteiger partial charge in [-0.25, -0.2) is 4.39 Å². The van der Waals surface area contributed by atoms with Gasteiger partial charge in [0.15, 0.2) is 5.78 Å². The lowest BCUT2D eigenvalue weighted by Gasteiger charge is -2.13. The predicted octanol–water partition coefficient (Wildman–Crippen LogP) is 4.61. The number of halogens is 2. The fourth-order valence-corrected chi connectivity index (χ4v) is 2.20. The van der Waals surface area contributed by atoms with Crippen molar-refractivity contribution >= 4 is 21.7 Å². The second-order valence-electron chi connectivity index (χ2n) is 4.59. The van der Waals surface area contributed by atoms with Gasteiger partial charge in [0.25, 0.3) is 0 Å². The summed E-state index contributed by atoms with van der Waals surface area (Å²) in [6, 6.07) is 11.5. The summed E-state index contributed by atoms with van der Waals surface area (Å²) in [5, 5.41) is 0. The topological polar surface area (TPSA) is 26.3 Å². The van der Waals surface area contributed by atoms with Gasteiger partial charge < -0.3 is 4.74 Å². The predicted molar refractivity (Wildman–Crippen MR) is 79.7 cm³/mol. The smallest absolute Gasteiger partial charge is 0.199 e. The van der Waals surface area contributed by atoms with Crippen LogP contribution in [-0.2, 0) is 0 Å². The standard InChI is InChI=1S/C16H14BrFO2/c1-10(2)20-14-9-4-3-6-11(14)16(19)12-7-5-8-13(17)15(12)18/h3-10H,1-2H3. The molecule has 2 rings (SSSR count). The van der Waals surface area contributed by atoms with E-state index < -0.39 is 5.82 Å². The first kappa shape index (κ1) is 14.7. The molecule has 2 nitrogen and oxygen atoms in total. The average Bonchev–Trinajstić information content (AvgIpc) is 2.41. The fraction of sp³-hybridized carbons (Fsp3) is 0.188. The van der Waals surface area contributed by atoms with Crippen LogP contribution in [0.1, 0.15) is 29.8 Å². The van der Waals surface area contributed by atoms with Crippen LogP contribution in [0.25, 0.3) is 0 Å². The minimum absolute atomic E-state index is 0.0270. The van der Waals surface area contributed by atoms with Crippen molar-refractivity contribution in [2.24, 2.45) is 0 Å². The maximum absolute atomic E-state index is 14.0. The summed E-state index contributed by atoms with van der Waals surface area (Å²) < 4.78 is 19.9. The number of ketones is 1. The molecule has 20 heavy (non-hydrogen) atoms. The molecule has 4 heteroatoms. The number of ether oxygens (including phenoxy) is 1. The van der Waals surface area contributed by atoms with Crippen molar-refractivity contribution in [3.63, 3.8) is 0 Å². The SMILES string of the molecule is CC(C)Oc1ccccc1C(=O)c1cccc(Br)c1F. The Hall–Kier alpha value is -1.68. The normalized spacial score (nSPS) is 10.7. The molecule has 0 bridgehead atoms. The lowest BCUT2D eigenvalue weighted by Crippen LogP contribution is -2.11. The number of carbonyl (C=O) groups is 1. The first-order valence-corrected chi connectivity index (χ1v) is 7.04. The van der Waals surface area contributed by atoms with E-state index in [2.05, 4.69) is 15.9 Å². The zero-order valence-electron chi connectivity index (χ0n) is 11.2. The lowest BCUT2D eigenvalue weighted by atomic mass is 10.0. The molecule has 0 heterocycles. The number of rotatable bonds is 4. The highest BCUT2D eigenvalue weighted by molar-refractivity contribution is 9.10. The van der Waals surface area contributed by atoms with E-state index in [1.165, 1.54) is 6.07 Å². The van der Waals surface area contributed by atoms with Crippen molar-refractivity contribution in [3.05, 3.63) is 63.9 Å². The van der Waals surface area contributed by atoms with E-state index in [1.54, 1.807) is 36.4 Å². The second kappa shape index (κ2) is 6.18. The summed E-state index contributed by atoms with van der Waals surface area (Å²) in [6.45, 7) is 3.75. The summed E-state index contributed by atoms with van der Waals surface area (Å²) in [5.41, 5.74) is 0.386.